The maximum Gasteiger partial charge on any atom is 0.124 e. The van der Waals surface area contributed by atoms with Crippen LogP contribution in [0.25, 0.3) is 0 Å². The number of thiophene rings is 1. The second kappa shape index (κ2) is 5.02. The van der Waals surface area contributed by atoms with Crippen molar-refractivity contribution in [2.75, 3.05) is 5.32 Å². The van der Waals surface area contributed by atoms with Gasteiger partial charge in [0, 0.05) is 4.88 Å². The Morgan fingerprint density at radius 2 is 2.21 bits per heavy atom. The van der Waals surface area contributed by atoms with Crippen molar-refractivity contribution in [2.24, 2.45) is 5.92 Å². The normalized spacial score (nSPS) is 15.8. The average Bonchev–Trinajstić information content (AvgIpc) is 3.11. The lowest BCUT2D eigenvalue weighted by Crippen LogP contribution is -2.12. The van der Waals surface area contributed by atoms with E-state index < -0.39 is 0 Å². The first kappa shape index (κ1) is 12.2. The van der Waals surface area contributed by atoms with Crippen LogP contribution >= 0.6 is 11.3 Å². The molecule has 2 aromatic rings. The average molecular weight is 272 g/mol. The third-order valence-corrected chi connectivity index (χ3v) is 4.31. The first-order valence-electron chi connectivity index (χ1n) is 6.27. The van der Waals surface area contributed by atoms with E-state index in [1.165, 1.54) is 29.9 Å². The molecule has 1 N–H and O–H groups in total. The summed E-state index contributed by atoms with van der Waals surface area (Å²) in [5, 5.41) is 14.6. The molecular formula is C15H13FN2S. The van der Waals surface area contributed by atoms with Crippen molar-refractivity contribution < 1.29 is 4.39 Å². The van der Waals surface area contributed by atoms with Crippen LogP contribution in [0.3, 0.4) is 0 Å². The van der Waals surface area contributed by atoms with Gasteiger partial charge in [-0.1, -0.05) is 6.07 Å². The second-order valence-corrected chi connectivity index (χ2v) is 5.76. The van der Waals surface area contributed by atoms with Crippen molar-refractivity contribution in [3.05, 3.63) is 52.0 Å². The number of benzene rings is 1. The Morgan fingerprint density at radius 3 is 2.84 bits per heavy atom. The zero-order valence-corrected chi connectivity index (χ0v) is 11.1. The third-order valence-electron chi connectivity index (χ3n) is 3.36. The van der Waals surface area contributed by atoms with Crippen LogP contribution in [-0.2, 0) is 0 Å². The smallest absolute Gasteiger partial charge is 0.124 e. The number of hydrogen-bond acceptors (Lipinski definition) is 3. The van der Waals surface area contributed by atoms with Crippen LogP contribution in [-0.4, -0.2) is 0 Å². The van der Waals surface area contributed by atoms with Crippen LogP contribution in [0.15, 0.2) is 35.7 Å². The zero-order valence-electron chi connectivity index (χ0n) is 10.3. The summed E-state index contributed by atoms with van der Waals surface area (Å²) in [6.07, 6.45) is 2.41. The maximum absolute atomic E-state index is 13.1. The summed E-state index contributed by atoms with van der Waals surface area (Å²) >= 11 is 1.72. The van der Waals surface area contributed by atoms with Crippen LogP contribution in [0.2, 0.25) is 0 Å². The fourth-order valence-corrected chi connectivity index (χ4v) is 3.09. The predicted octanol–water partition coefficient (Wildman–Crippen LogP) is 4.32. The van der Waals surface area contributed by atoms with Gasteiger partial charge in [0.1, 0.15) is 11.9 Å². The molecule has 4 heteroatoms. The van der Waals surface area contributed by atoms with Crippen molar-refractivity contribution in [2.45, 2.75) is 18.9 Å². The standard InChI is InChI=1S/C15H13FN2S/c16-12-5-6-13(11(8-12)9-17)18-15(10-3-4-10)14-2-1-7-19-14/h1-2,5-8,10,15,18H,3-4H2. The predicted molar refractivity (Wildman–Crippen MR) is 74.5 cm³/mol. The van der Waals surface area contributed by atoms with Gasteiger partial charge >= 0.3 is 0 Å². The fraction of sp³-hybridized carbons (Fsp3) is 0.267. The number of nitriles is 1. The highest BCUT2D eigenvalue weighted by atomic mass is 32.1. The van der Waals surface area contributed by atoms with E-state index in [1.54, 1.807) is 17.4 Å². The van der Waals surface area contributed by atoms with Gasteiger partial charge < -0.3 is 5.32 Å². The van der Waals surface area contributed by atoms with Crippen LogP contribution in [0.4, 0.5) is 10.1 Å². The lowest BCUT2D eigenvalue weighted by Gasteiger charge is -2.19. The highest BCUT2D eigenvalue weighted by molar-refractivity contribution is 7.10. The molecule has 1 heterocycles. The second-order valence-electron chi connectivity index (χ2n) is 4.78. The molecule has 0 spiro atoms. The Balaban J connectivity index is 1.89. The van der Waals surface area contributed by atoms with Gasteiger partial charge in [-0.3, -0.25) is 0 Å². The molecule has 1 aromatic heterocycles. The molecule has 1 saturated carbocycles. The van der Waals surface area contributed by atoms with Gasteiger partial charge in [-0.15, -0.1) is 11.3 Å². The van der Waals surface area contributed by atoms with E-state index in [4.69, 9.17) is 5.26 Å². The molecule has 1 aliphatic carbocycles. The van der Waals surface area contributed by atoms with E-state index in [1.807, 2.05) is 12.1 Å². The number of hydrogen-bond donors (Lipinski definition) is 1. The molecule has 3 rings (SSSR count). The number of halogens is 1. The highest BCUT2D eigenvalue weighted by Gasteiger charge is 2.33. The number of nitrogens with one attached hydrogen (secondary N) is 1. The van der Waals surface area contributed by atoms with Crippen molar-refractivity contribution >= 4 is 17.0 Å². The van der Waals surface area contributed by atoms with Gasteiger partial charge in [0.15, 0.2) is 0 Å². The molecule has 0 aliphatic heterocycles. The van der Waals surface area contributed by atoms with Crippen molar-refractivity contribution in [3.63, 3.8) is 0 Å². The maximum atomic E-state index is 13.1. The van der Waals surface area contributed by atoms with Gasteiger partial charge in [0.2, 0.25) is 0 Å². The summed E-state index contributed by atoms with van der Waals surface area (Å²) in [5.41, 5.74) is 1.08. The Labute approximate surface area is 115 Å². The largest absolute Gasteiger partial charge is 0.376 e. The lowest BCUT2D eigenvalue weighted by molar-refractivity contribution is 0.627. The van der Waals surface area contributed by atoms with E-state index in [2.05, 4.69) is 16.8 Å². The minimum Gasteiger partial charge on any atom is -0.376 e. The van der Waals surface area contributed by atoms with Crippen molar-refractivity contribution in [1.29, 1.82) is 5.26 Å². The summed E-state index contributed by atoms with van der Waals surface area (Å²) in [4.78, 5) is 1.27. The fourth-order valence-electron chi connectivity index (χ4n) is 2.22. The Bertz CT molecular complexity index is 612. The van der Waals surface area contributed by atoms with E-state index in [9.17, 15) is 4.39 Å². The van der Waals surface area contributed by atoms with Gasteiger partial charge in [-0.25, -0.2) is 4.39 Å². The minimum absolute atomic E-state index is 0.234. The number of rotatable bonds is 4. The molecule has 0 saturated heterocycles. The summed E-state index contributed by atoms with van der Waals surface area (Å²) in [7, 11) is 0. The molecule has 0 radical (unpaired) electrons. The topological polar surface area (TPSA) is 35.8 Å². The quantitative estimate of drug-likeness (QED) is 0.899. The molecule has 96 valence electrons. The molecule has 1 aromatic carbocycles. The molecule has 0 amide bonds. The van der Waals surface area contributed by atoms with Crippen LogP contribution in [0.1, 0.15) is 29.3 Å². The first-order valence-corrected chi connectivity index (χ1v) is 7.15. The molecule has 1 fully saturated rings. The van der Waals surface area contributed by atoms with Crippen LogP contribution < -0.4 is 5.32 Å². The number of nitrogens with zero attached hydrogens (tertiary/aromatic N) is 1. The molecule has 19 heavy (non-hydrogen) atoms. The van der Waals surface area contributed by atoms with Crippen LogP contribution in [0.5, 0.6) is 0 Å². The molecule has 1 aliphatic rings. The number of anilines is 1. The van der Waals surface area contributed by atoms with Gasteiger partial charge in [0.25, 0.3) is 0 Å². The summed E-state index contributed by atoms with van der Waals surface area (Å²) in [6, 6.07) is 10.7. The zero-order chi connectivity index (χ0) is 13.2. The van der Waals surface area contributed by atoms with Crippen molar-refractivity contribution in [1.82, 2.24) is 0 Å². The summed E-state index contributed by atoms with van der Waals surface area (Å²) in [5.74, 6) is 0.247. The van der Waals surface area contributed by atoms with Crippen LogP contribution in [0, 0.1) is 23.1 Å². The molecule has 1 atom stereocenters. The minimum atomic E-state index is -0.374. The Morgan fingerprint density at radius 1 is 1.37 bits per heavy atom. The van der Waals surface area contributed by atoms with E-state index in [0.717, 1.165) is 0 Å². The Kier molecular flexibility index (Phi) is 3.22. The monoisotopic (exact) mass is 272 g/mol. The van der Waals surface area contributed by atoms with Gasteiger partial charge in [-0.2, -0.15) is 5.26 Å². The van der Waals surface area contributed by atoms with E-state index >= 15 is 0 Å². The van der Waals surface area contributed by atoms with Gasteiger partial charge in [-0.05, 0) is 48.4 Å². The third kappa shape index (κ3) is 2.61. The molecular weight excluding hydrogens is 259 g/mol. The van der Waals surface area contributed by atoms with E-state index in [0.29, 0.717) is 17.2 Å². The lowest BCUT2D eigenvalue weighted by atomic mass is 10.1. The van der Waals surface area contributed by atoms with Gasteiger partial charge in [0.05, 0.1) is 17.3 Å². The summed E-state index contributed by atoms with van der Waals surface area (Å²) < 4.78 is 13.1. The molecule has 0 bridgehead atoms. The van der Waals surface area contributed by atoms with Crippen molar-refractivity contribution in [3.8, 4) is 6.07 Å². The SMILES string of the molecule is N#Cc1cc(F)ccc1NC(c1cccs1)C1CC1. The van der Waals surface area contributed by atoms with E-state index in [-0.39, 0.29) is 11.9 Å². The molecule has 2 nitrogen and oxygen atoms in total. The summed E-state index contributed by atoms with van der Waals surface area (Å²) in [6.45, 7) is 0. The first-order chi connectivity index (χ1) is 9.28. The molecule has 1 unspecified atom stereocenters. The highest BCUT2D eigenvalue weighted by Crippen LogP contribution is 2.44. The Hall–Kier alpha value is -1.86.